The van der Waals surface area contributed by atoms with Crippen LogP contribution in [0.3, 0.4) is 0 Å². The molecule has 4 nitrogen and oxygen atoms in total. The first-order chi connectivity index (χ1) is 12.4. The second kappa shape index (κ2) is 7.51. The molecule has 7 heteroatoms. The normalized spacial score (nSPS) is 14.1. The predicted molar refractivity (Wildman–Crippen MR) is 91.6 cm³/mol. The van der Waals surface area contributed by atoms with Crippen molar-refractivity contribution in [2.24, 2.45) is 7.05 Å². The highest BCUT2D eigenvalue weighted by atomic mass is 19.3. The molecule has 1 amide bonds. The maximum Gasteiger partial charge on any atom is 0.283 e. The molecule has 26 heavy (non-hydrogen) atoms. The predicted octanol–water partition coefficient (Wildman–Crippen LogP) is 4.43. The fourth-order valence-corrected chi connectivity index (χ4v) is 3.23. The number of aryl methyl sites for hydroxylation is 1. The Morgan fingerprint density at radius 3 is 2.65 bits per heavy atom. The second-order valence-electron chi connectivity index (χ2n) is 6.68. The van der Waals surface area contributed by atoms with E-state index in [1.165, 1.54) is 17.5 Å². The smallest absolute Gasteiger partial charge is 0.283 e. The molecular weight excluding hydrogens is 343 g/mol. The fourth-order valence-electron chi connectivity index (χ4n) is 3.23. The molecule has 1 fully saturated rings. The zero-order valence-electron chi connectivity index (χ0n) is 14.9. The highest BCUT2D eigenvalue weighted by Crippen LogP contribution is 2.42. The highest BCUT2D eigenvalue weighted by molar-refractivity contribution is 5.95. The summed E-state index contributed by atoms with van der Waals surface area (Å²) in [5.41, 5.74) is 0.744. The monoisotopic (exact) mass is 365 g/mol. The summed E-state index contributed by atoms with van der Waals surface area (Å²) in [6.45, 7) is 2.52. The Hall–Kier alpha value is -2.31. The number of rotatable bonds is 7. The molecule has 0 bridgehead atoms. The van der Waals surface area contributed by atoms with Crippen LogP contribution in [0.15, 0.2) is 24.3 Å². The van der Waals surface area contributed by atoms with Gasteiger partial charge in [0.2, 0.25) is 5.95 Å². The summed E-state index contributed by atoms with van der Waals surface area (Å²) in [4.78, 5) is 14.3. The molecule has 0 spiro atoms. The van der Waals surface area contributed by atoms with Gasteiger partial charge in [-0.3, -0.25) is 4.79 Å². The summed E-state index contributed by atoms with van der Waals surface area (Å²) in [5, 5.41) is 3.48. The van der Waals surface area contributed by atoms with Gasteiger partial charge in [-0.1, -0.05) is 31.2 Å². The van der Waals surface area contributed by atoms with E-state index < -0.39 is 29.5 Å². The molecule has 1 aliphatic carbocycles. The van der Waals surface area contributed by atoms with Crippen LogP contribution < -0.4 is 0 Å². The molecule has 3 rings (SSSR count). The average Bonchev–Trinajstić information content (AvgIpc) is 3.41. The first kappa shape index (κ1) is 18.5. The van der Waals surface area contributed by atoms with Gasteiger partial charge in [0, 0.05) is 20.1 Å². The third-order valence-electron chi connectivity index (χ3n) is 4.64. The standard InChI is InChI=1S/C19H22F3N3O/c1-3-10-25(11-13-6-4-5-7-14(13)12-8-9-12)19(26)15-16(17(20)21)23-24(2)18(15)22/h4-7,12,17H,3,8-11H2,1-2H3. The molecule has 1 aromatic carbocycles. The van der Waals surface area contributed by atoms with Crippen LogP contribution in [0.25, 0.3) is 0 Å². The van der Waals surface area contributed by atoms with E-state index in [2.05, 4.69) is 5.10 Å². The lowest BCUT2D eigenvalue weighted by atomic mass is 10.0. The van der Waals surface area contributed by atoms with Gasteiger partial charge in [-0.25, -0.2) is 13.5 Å². The van der Waals surface area contributed by atoms with Crippen LogP contribution in [-0.4, -0.2) is 27.1 Å². The van der Waals surface area contributed by atoms with Crippen LogP contribution in [0.2, 0.25) is 0 Å². The van der Waals surface area contributed by atoms with Gasteiger partial charge in [-0.2, -0.15) is 9.49 Å². The molecule has 0 unspecified atom stereocenters. The molecule has 0 atom stereocenters. The molecule has 1 heterocycles. The SMILES string of the molecule is CCCN(Cc1ccccc1C1CC1)C(=O)c1c(C(F)F)nn(C)c1F. The molecule has 0 aliphatic heterocycles. The number of halogens is 3. The number of nitrogens with zero attached hydrogens (tertiary/aromatic N) is 3. The van der Waals surface area contributed by atoms with Crippen LogP contribution in [-0.2, 0) is 13.6 Å². The summed E-state index contributed by atoms with van der Waals surface area (Å²) < 4.78 is 41.4. The lowest BCUT2D eigenvalue weighted by molar-refractivity contribution is 0.0725. The zero-order valence-corrected chi connectivity index (χ0v) is 14.9. The Morgan fingerprint density at radius 2 is 2.04 bits per heavy atom. The Bertz CT molecular complexity index is 799. The molecule has 1 aliphatic rings. The Balaban J connectivity index is 1.93. The van der Waals surface area contributed by atoms with Crippen molar-refractivity contribution in [1.82, 2.24) is 14.7 Å². The minimum Gasteiger partial charge on any atom is -0.334 e. The first-order valence-electron chi connectivity index (χ1n) is 8.81. The van der Waals surface area contributed by atoms with Crippen molar-refractivity contribution >= 4 is 5.91 Å². The van der Waals surface area contributed by atoms with Gasteiger partial charge >= 0.3 is 0 Å². The first-order valence-corrected chi connectivity index (χ1v) is 8.81. The summed E-state index contributed by atoms with van der Waals surface area (Å²) in [5.74, 6) is -1.27. The zero-order chi connectivity index (χ0) is 18.8. The maximum atomic E-state index is 14.3. The Labute approximate surface area is 150 Å². The van der Waals surface area contributed by atoms with Crippen LogP contribution in [0.1, 0.15) is 65.7 Å². The van der Waals surface area contributed by atoms with E-state index in [4.69, 9.17) is 0 Å². The van der Waals surface area contributed by atoms with E-state index in [9.17, 15) is 18.0 Å². The number of benzene rings is 1. The molecule has 1 saturated carbocycles. The summed E-state index contributed by atoms with van der Waals surface area (Å²) >= 11 is 0. The summed E-state index contributed by atoms with van der Waals surface area (Å²) in [6.07, 6.45) is -0.132. The van der Waals surface area contributed by atoms with Gasteiger partial charge in [0.15, 0.2) is 0 Å². The van der Waals surface area contributed by atoms with Gasteiger partial charge < -0.3 is 4.90 Å². The van der Waals surface area contributed by atoms with E-state index in [0.29, 0.717) is 23.6 Å². The van der Waals surface area contributed by atoms with Gasteiger partial charge in [0.05, 0.1) is 0 Å². The van der Waals surface area contributed by atoms with Crippen molar-refractivity contribution in [2.45, 2.75) is 45.1 Å². The average molecular weight is 365 g/mol. The van der Waals surface area contributed by atoms with Crippen molar-refractivity contribution in [3.8, 4) is 0 Å². The lowest BCUT2D eigenvalue weighted by Gasteiger charge is -2.23. The number of carbonyl (C=O) groups excluding carboxylic acids is 1. The number of aromatic nitrogens is 2. The number of hydrogen-bond acceptors (Lipinski definition) is 2. The van der Waals surface area contributed by atoms with E-state index in [1.807, 2.05) is 31.2 Å². The van der Waals surface area contributed by atoms with Gasteiger partial charge in [-0.15, -0.1) is 0 Å². The van der Waals surface area contributed by atoms with Crippen molar-refractivity contribution < 1.29 is 18.0 Å². The summed E-state index contributed by atoms with van der Waals surface area (Å²) in [6, 6.07) is 7.83. The van der Waals surface area contributed by atoms with Crippen LogP contribution in [0.4, 0.5) is 13.2 Å². The molecule has 0 saturated heterocycles. The second-order valence-corrected chi connectivity index (χ2v) is 6.68. The Morgan fingerprint density at radius 1 is 1.35 bits per heavy atom. The van der Waals surface area contributed by atoms with Crippen molar-refractivity contribution in [3.63, 3.8) is 0 Å². The van der Waals surface area contributed by atoms with Crippen molar-refractivity contribution in [2.75, 3.05) is 6.54 Å². The van der Waals surface area contributed by atoms with Gasteiger partial charge in [-0.05, 0) is 36.3 Å². The van der Waals surface area contributed by atoms with E-state index in [-0.39, 0.29) is 6.54 Å². The summed E-state index contributed by atoms with van der Waals surface area (Å²) in [7, 11) is 1.21. The van der Waals surface area contributed by atoms with Crippen molar-refractivity contribution in [3.05, 3.63) is 52.6 Å². The Kier molecular flexibility index (Phi) is 5.34. The largest absolute Gasteiger partial charge is 0.334 e. The molecule has 0 N–H and O–H groups in total. The van der Waals surface area contributed by atoms with Crippen LogP contribution in [0.5, 0.6) is 0 Å². The topological polar surface area (TPSA) is 38.1 Å². The third kappa shape index (κ3) is 3.61. The number of amides is 1. The van der Waals surface area contributed by atoms with E-state index in [1.54, 1.807) is 0 Å². The highest BCUT2D eigenvalue weighted by Gasteiger charge is 2.32. The molecular formula is C19H22F3N3O. The molecule has 2 aromatic rings. The van der Waals surface area contributed by atoms with Gasteiger partial charge in [0.25, 0.3) is 12.3 Å². The minimum atomic E-state index is -3.01. The van der Waals surface area contributed by atoms with E-state index in [0.717, 1.165) is 18.4 Å². The molecule has 0 radical (unpaired) electrons. The van der Waals surface area contributed by atoms with Gasteiger partial charge in [0.1, 0.15) is 11.3 Å². The number of hydrogen-bond donors (Lipinski definition) is 0. The molecule has 140 valence electrons. The quantitative estimate of drug-likeness (QED) is 0.728. The van der Waals surface area contributed by atoms with E-state index >= 15 is 0 Å². The minimum absolute atomic E-state index is 0.274. The van der Waals surface area contributed by atoms with Crippen LogP contribution >= 0.6 is 0 Å². The maximum absolute atomic E-state index is 14.3. The fraction of sp³-hybridized carbons (Fsp3) is 0.474. The number of alkyl halides is 2. The third-order valence-corrected chi connectivity index (χ3v) is 4.64. The number of carbonyl (C=O) groups is 1. The van der Waals surface area contributed by atoms with Crippen molar-refractivity contribution in [1.29, 1.82) is 0 Å². The van der Waals surface area contributed by atoms with Crippen LogP contribution in [0, 0.1) is 5.95 Å². The molecule has 1 aromatic heterocycles. The lowest BCUT2D eigenvalue weighted by Crippen LogP contribution is -2.32.